The molecule has 1 amide bonds. The number of aryl methyl sites for hydroxylation is 1. The van der Waals surface area contributed by atoms with Crippen LogP contribution in [0.5, 0.6) is 0 Å². The number of alkyl halides is 3. The zero-order chi connectivity index (χ0) is 21.5. The number of aromatic nitrogens is 3. The molecule has 2 unspecified atom stereocenters. The smallest absolute Gasteiger partial charge is 0.345 e. The van der Waals surface area contributed by atoms with Crippen LogP contribution in [0.1, 0.15) is 74.4 Å². The molecule has 0 aromatic carbocycles. The Hall–Kier alpha value is -2.12. The minimum atomic E-state index is -4.10. The van der Waals surface area contributed by atoms with Gasteiger partial charge in [-0.05, 0) is 51.0 Å². The van der Waals surface area contributed by atoms with Gasteiger partial charge in [0.2, 0.25) is 6.41 Å². The van der Waals surface area contributed by atoms with Crippen LogP contribution in [0, 0.1) is 18.8 Å². The Morgan fingerprint density at radius 3 is 2.53 bits per heavy atom. The van der Waals surface area contributed by atoms with Crippen LogP contribution < -0.4 is 0 Å². The van der Waals surface area contributed by atoms with Gasteiger partial charge in [0.25, 0.3) is 0 Å². The van der Waals surface area contributed by atoms with E-state index in [9.17, 15) is 18.0 Å². The van der Waals surface area contributed by atoms with Gasteiger partial charge in [-0.1, -0.05) is 13.3 Å². The predicted molar refractivity (Wildman–Crippen MR) is 107 cm³/mol. The molecule has 8 heteroatoms. The van der Waals surface area contributed by atoms with Gasteiger partial charge in [-0.2, -0.15) is 18.3 Å². The second kappa shape index (κ2) is 8.19. The lowest BCUT2D eigenvalue weighted by Gasteiger charge is -2.36. The largest absolute Gasteiger partial charge is 0.391 e. The van der Waals surface area contributed by atoms with Gasteiger partial charge in [0.15, 0.2) is 5.65 Å². The summed E-state index contributed by atoms with van der Waals surface area (Å²) < 4.78 is 40.9. The lowest BCUT2D eigenvalue weighted by molar-refractivity contribution is -0.182. The van der Waals surface area contributed by atoms with Crippen LogP contribution >= 0.6 is 0 Å². The Morgan fingerprint density at radius 1 is 1.17 bits per heavy atom. The fraction of sp³-hybridized carbons (Fsp3) is 0.682. The standard InChI is InChI=1S/C22H29F3N4O/c1-3-15-8-9-28(13-30)12-18(15)20-10-14(2)26-21-11-19(27-29(20)21)16-4-6-17(7-5-16)22(23,24)25/h10-11,13,15-18H,3-9,12H2,1-2H3/t15?,16-,17-,18?. The normalized spacial score (nSPS) is 28.1. The number of likely N-dealkylation sites (tertiary alicyclic amines) is 1. The predicted octanol–water partition coefficient (Wildman–Crippen LogP) is 4.85. The van der Waals surface area contributed by atoms with Crippen molar-refractivity contribution < 1.29 is 18.0 Å². The van der Waals surface area contributed by atoms with Crippen LogP contribution in [-0.2, 0) is 4.79 Å². The molecule has 0 radical (unpaired) electrons. The van der Waals surface area contributed by atoms with Crippen LogP contribution in [0.25, 0.3) is 5.65 Å². The van der Waals surface area contributed by atoms with Crippen molar-refractivity contribution in [2.45, 2.75) is 70.4 Å². The molecule has 1 aliphatic carbocycles. The third kappa shape index (κ3) is 4.05. The highest BCUT2D eigenvalue weighted by molar-refractivity contribution is 5.48. The lowest BCUT2D eigenvalue weighted by Crippen LogP contribution is -2.39. The topological polar surface area (TPSA) is 50.5 Å². The maximum absolute atomic E-state index is 13.0. The van der Waals surface area contributed by atoms with E-state index >= 15 is 0 Å². The Balaban J connectivity index is 1.64. The second-order valence-electron chi connectivity index (χ2n) is 8.92. The summed E-state index contributed by atoms with van der Waals surface area (Å²) in [7, 11) is 0. The van der Waals surface area contributed by atoms with Crippen molar-refractivity contribution in [2.75, 3.05) is 13.1 Å². The Bertz CT molecular complexity index is 902. The highest BCUT2D eigenvalue weighted by Crippen LogP contribution is 2.43. The Morgan fingerprint density at radius 2 is 1.90 bits per heavy atom. The van der Waals surface area contributed by atoms with Gasteiger partial charge in [0.05, 0.1) is 17.3 Å². The number of rotatable bonds is 4. The Labute approximate surface area is 174 Å². The molecule has 5 nitrogen and oxygen atoms in total. The molecule has 0 bridgehead atoms. The van der Waals surface area contributed by atoms with Gasteiger partial charge in [0, 0.05) is 36.7 Å². The highest BCUT2D eigenvalue weighted by atomic mass is 19.4. The molecule has 2 fully saturated rings. The van der Waals surface area contributed by atoms with Crippen molar-refractivity contribution in [3.63, 3.8) is 0 Å². The monoisotopic (exact) mass is 422 g/mol. The third-order valence-electron chi connectivity index (χ3n) is 7.05. The van der Waals surface area contributed by atoms with Crippen LogP contribution in [0.2, 0.25) is 0 Å². The SMILES string of the molecule is CCC1CCN(C=O)CC1c1cc(C)nc2cc([C@H]3CC[C@H](C(F)(F)F)CC3)nn12. The summed E-state index contributed by atoms with van der Waals surface area (Å²) >= 11 is 0. The van der Waals surface area contributed by atoms with Gasteiger partial charge in [-0.15, -0.1) is 0 Å². The fourth-order valence-electron chi connectivity index (χ4n) is 5.27. The number of halogens is 3. The number of hydrogen-bond acceptors (Lipinski definition) is 3. The summed E-state index contributed by atoms with van der Waals surface area (Å²) in [5, 5.41) is 4.83. The molecule has 1 saturated carbocycles. The minimum Gasteiger partial charge on any atom is -0.345 e. The van der Waals surface area contributed by atoms with E-state index < -0.39 is 12.1 Å². The van der Waals surface area contributed by atoms with E-state index in [1.165, 1.54) is 0 Å². The van der Waals surface area contributed by atoms with Gasteiger partial charge < -0.3 is 4.90 Å². The quantitative estimate of drug-likeness (QED) is 0.662. The molecular formula is C22H29F3N4O. The molecule has 0 spiro atoms. The first-order valence-electron chi connectivity index (χ1n) is 10.9. The molecule has 1 aliphatic heterocycles. The van der Waals surface area contributed by atoms with E-state index in [1.807, 2.05) is 28.5 Å². The molecule has 2 atom stereocenters. The van der Waals surface area contributed by atoms with E-state index in [1.54, 1.807) is 0 Å². The van der Waals surface area contributed by atoms with Gasteiger partial charge in [-0.3, -0.25) is 4.79 Å². The van der Waals surface area contributed by atoms with Crippen molar-refractivity contribution in [1.29, 1.82) is 0 Å². The van der Waals surface area contributed by atoms with Gasteiger partial charge in [-0.25, -0.2) is 9.50 Å². The number of hydrogen-bond donors (Lipinski definition) is 0. The van der Waals surface area contributed by atoms with Crippen LogP contribution in [0.15, 0.2) is 12.1 Å². The van der Waals surface area contributed by atoms with Crippen molar-refractivity contribution in [3.8, 4) is 0 Å². The summed E-state index contributed by atoms with van der Waals surface area (Å²) in [6, 6.07) is 3.99. The number of amides is 1. The lowest BCUT2D eigenvalue weighted by atomic mass is 9.80. The van der Waals surface area contributed by atoms with E-state index in [2.05, 4.69) is 11.9 Å². The summed E-state index contributed by atoms with van der Waals surface area (Å²) in [6.07, 6.45) is 0.124. The summed E-state index contributed by atoms with van der Waals surface area (Å²) in [5.41, 5.74) is 3.52. The first kappa shape index (κ1) is 21.1. The average molecular weight is 422 g/mol. The maximum atomic E-state index is 13.0. The molecule has 3 heterocycles. The zero-order valence-corrected chi connectivity index (χ0v) is 17.5. The molecule has 1 saturated heterocycles. The molecule has 0 N–H and O–H groups in total. The number of piperidine rings is 1. The van der Waals surface area contributed by atoms with Crippen LogP contribution in [-0.4, -0.2) is 45.2 Å². The number of carbonyl (C=O) groups is 1. The summed E-state index contributed by atoms with van der Waals surface area (Å²) in [4.78, 5) is 17.8. The van der Waals surface area contributed by atoms with Crippen LogP contribution in [0.3, 0.4) is 0 Å². The van der Waals surface area contributed by atoms with Crippen LogP contribution in [0.4, 0.5) is 13.2 Å². The molecule has 2 aromatic heterocycles. The molecule has 2 aromatic rings. The highest BCUT2D eigenvalue weighted by Gasteiger charge is 2.42. The molecule has 4 rings (SSSR count). The summed E-state index contributed by atoms with van der Waals surface area (Å²) in [5.74, 6) is -0.519. The molecule has 30 heavy (non-hydrogen) atoms. The van der Waals surface area contributed by atoms with E-state index in [0.29, 0.717) is 25.3 Å². The minimum absolute atomic E-state index is 0.0401. The number of nitrogens with zero attached hydrogens (tertiary/aromatic N) is 4. The van der Waals surface area contributed by atoms with Crippen molar-refractivity contribution in [1.82, 2.24) is 19.5 Å². The number of carbonyl (C=O) groups excluding carboxylic acids is 1. The molecular weight excluding hydrogens is 393 g/mol. The first-order valence-corrected chi connectivity index (χ1v) is 10.9. The van der Waals surface area contributed by atoms with Gasteiger partial charge >= 0.3 is 6.18 Å². The number of fused-ring (bicyclic) bond motifs is 1. The van der Waals surface area contributed by atoms with Crippen molar-refractivity contribution in [3.05, 3.63) is 29.2 Å². The van der Waals surface area contributed by atoms with Gasteiger partial charge in [0.1, 0.15) is 0 Å². The van der Waals surface area contributed by atoms with Crippen molar-refractivity contribution >= 4 is 12.1 Å². The average Bonchev–Trinajstić information content (AvgIpc) is 3.16. The van der Waals surface area contributed by atoms with E-state index in [4.69, 9.17) is 5.10 Å². The van der Waals surface area contributed by atoms with Crippen molar-refractivity contribution in [2.24, 2.45) is 11.8 Å². The van der Waals surface area contributed by atoms with E-state index in [-0.39, 0.29) is 24.7 Å². The molecule has 2 aliphatic rings. The Kier molecular flexibility index (Phi) is 5.77. The molecule has 164 valence electrons. The van der Waals surface area contributed by atoms with E-state index in [0.717, 1.165) is 48.5 Å². The third-order valence-corrected chi connectivity index (χ3v) is 7.05. The second-order valence-corrected chi connectivity index (χ2v) is 8.92. The zero-order valence-electron chi connectivity index (χ0n) is 17.5. The summed E-state index contributed by atoms with van der Waals surface area (Å²) in [6.45, 7) is 5.56. The maximum Gasteiger partial charge on any atom is 0.391 e. The first-order chi connectivity index (χ1) is 14.3. The fourth-order valence-corrected chi connectivity index (χ4v) is 5.27.